The summed E-state index contributed by atoms with van der Waals surface area (Å²) < 4.78 is 2.14. The molecular weight excluding hydrogens is 288 g/mol. The van der Waals surface area contributed by atoms with Crippen molar-refractivity contribution >= 4 is 16.8 Å². The fourth-order valence-corrected chi connectivity index (χ4v) is 3.16. The number of nitrogens with zero attached hydrogens (tertiary/aromatic N) is 3. The Kier molecular flexibility index (Phi) is 3.33. The van der Waals surface area contributed by atoms with Crippen molar-refractivity contribution in [2.45, 2.75) is 32.4 Å². The summed E-state index contributed by atoms with van der Waals surface area (Å²) >= 11 is 0. The molecule has 1 aliphatic heterocycles. The Balaban J connectivity index is 1.51. The third-order valence-electron chi connectivity index (χ3n) is 4.28. The molecule has 1 aromatic carbocycles. The molecule has 116 valence electrons. The van der Waals surface area contributed by atoms with Gasteiger partial charge < -0.3 is 9.88 Å². The van der Waals surface area contributed by atoms with Gasteiger partial charge in [-0.25, -0.2) is 9.97 Å². The van der Waals surface area contributed by atoms with Crippen LogP contribution in [0.5, 0.6) is 0 Å². The molecule has 0 radical (unpaired) electrons. The highest BCUT2D eigenvalue weighted by molar-refractivity contribution is 5.95. The van der Waals surface area contributed by atoms with Gasteiger partial charge in [0.2, 0.25) is 0 Å². The van der Waals surface area contributed by atoms with Gasteiger partial charge in [0, 0.05) is 30.6 Å². The lowest BCUT2D eigenvalue weighted by molar-refractivity contribution is 0.0923. The van der Waals surface area contributed by atoms with Crippen molar-refractivity contribution in [1.82, 2.24) is 19.9 Å². The molecule has 3 heterocycles. The third kappa shape index (κ3) is 2.70. The number of nitrogens with one attached hydrogen (secondary N) is 1. The van der Waals surface area contributed by atoms with Gasteiger partial charge in [-0.15, -0.1) is 0 Å². The van der Waals surface area contributed by atoms with Crippen LogP contribution in [0.15, 0.2) is 42.6 Å². The van der Waals surface area contributed by atoms with Crippen LogP contribution in [-0.4, -0.2) is 26.5 Å². The molecule has 0 unspecified atom stereocenters. The van der Waals surface area contributed by atoms with Crippen LogP contribution < -0.4 is 5.32 Å². The molecule has 1 amide bonds. The molecule has 1 atom stereocenters. The van der Waals surface area contributed by atoms with Gasteiger partial charge in [-0.1, -0.05) is 24.3 Å². The van der Waals surface area contributed by atoms with E-state index in [1.54, 1.807) is 6.07 Å². The molecule has 5 nitrogen and oxygen atoms in total. The van der Waals surface area contributed by atoms with Crippen LogP contribution >= 0.6 is 0 Å². The summed E-state index contributed by atoms with van der Waals surface area (Å²) in [6.07, 6.45) is 3.85. The summed E-state index contributed by atoms with van der Waals surface area (Å²) in [6, 6.07) is 11.7. The van der Waals surface area contributed by atoms with E-state index in [0.29, 0.717) is 5.69 Å². The molecule has 0 bridgehead atoms. The lowest BCUT2D eigenvalue weighted by Gasteiger charge is -2.24. The fraction of sp³-hybridized carbons (Fsp3) is 0.278. The third-order valence-corrected chi connectivity index (χ3v) is 4.28. The first-order valence-corrected chi connectivity index (χ1v) is 7.88. The van der Waals surface area contributed by atoms with E-state index in [4.69, 9.17) is 0 Å². The first kappa shape index (κ1) is 13.9. The normalized spacial score (nSPS) is 17.0. The van der Waals surface area contributed by atoms with E-state index in [1.807, 2.05) is 43.5 Å². The zero-order chi connectivity index (χ0) is 15.8. The summed E-state index contributed by atoms with van der Waals surface area (Å²) in [7, 11) is 0. The largest absolute Gasteiger partial charge is 0.346 e. The summed E-state index contributed by atoms with van der Waals surface area (Å²) in [6.45, 7) is 2.77. The van der Waals surface area contributed by atoms with E-state index in [2.05, 4.69) is 19.9 Å². The maximum atomic E-state index is 12.5. The van der Waals surface area contributed by atoms with Gasteiger partial charge in [0.15, 0.2) is 0 Å². The molecule has 1 aliphatic rings. The Morgan fingerprint density at radius 3 is 3.00 bits per heavy atom. The highest BCUT2D eigenvalue weighted by Crippen LogP contribution is 2.16. The van der Waals surface area contributed by atoms with Gasteiger partial charge in [-0.2, -0.15) is 0 Å². The standard InChI is InChI=1S/C18H18N4O/c1-12-10-22-11-14(7-9-17(22)19-12)20-18(23)16-8-6-13-4-2-3-5-15(13)21-16/h2-6,8,10,14H,7,9,11H2,1H3,(H,20,23)/t14-/m1/s1. The Morgan fingerprint density at radius 2 is 2.09 bits per heavy atom. The van der Waals surface area contributed by atoms with Gasteiger partial charge in [0.05, 0.1) is 11.2 Å². The van der Waals surface area contributed by atoms with Crippen LogP contribution in [-0.2, 0) is 13.0 Å². The second-order valence-electron chi connectivity index (χ2n) is 6.05. The van der Waals surface area contributed by atoms with Crippen molar-refractivity contribution in [2.24, 2.45) is 0 Å². The number of amides is 1. The molecule has 2 aromatic heterocycles. The maximum absolute atomic E-state index is 12.5. The number of hydrogen-bond acceptors (Lipinski definition) is 3. The number of hydrogen-bond donors (Lipinski definition) is 1. The average molecular weight is 306 g/mol. The smallest absolute Gasteiger partial charge is 0.270 e. The van der Waals surface area contributed by atoms with E-state index >= 15 is 0 Å². The van der Waals surface area contributed by atoms with Crippen molar-refractivity contribution in [3.63, 3.8) is 0 Å². The van der Waals surface area contributed by atoms with Gasteiger partial charge in [0.25, 0.3) is 5.91 Å². The lowest BCUT2D eigenvalue weighted by atomic mass is 10.1. The molecule has 1 N–H and O–H groups in total. The van der Waals surface area contributed by atoms with Gasteiger partial charge in [0.1, 0.15) is 11.5 Å². The maximum Gasteiger partial charge on any atom is 0.270 e. The molecule has 0 aliphatic carbocycles. The number of para-hydroxylation sites is 1. The Hall–Kier alpha value is -2.69. The summed E-state index contributed by atoms with van der Waals surface area (Å²) in [5, 5.41) is 4.14. The van der Waals surface area contributed by atoms with Gasteiger partial charge in [-0.3, -0.25) is 4.79 Å². The first-order valence-electron chi connectivity index (χ1n) is 7.88. The Morgan fingerprint density at radius 1 is 1.22 bits per heavy atom. The van der Waals surface area contributed by atoms with Crippen LogP contribution in [0.1, 0.15) is 28.4 Å². The average Bonchev–Trinajstić information content (AvgIpc) is 2.93. The van der Waals surface area contributed by atoms with Crippen LogP contribution in [0.2, 0.25) is 0 Å². The van der Waals surface area contributed by atoms with Crippen molar-refractivity contribution in [1.29, 1.82) is 0 Å². The van der Waals surface area contributed by atoms with Crippen molar-refractivity contribution in [2.75, 3.05) is 0 Å². The molecule has 3 aromatic rings. The molecule has 0 fully saturated rings. The Labute approximate surface area is 134 Å². The minimum atomic E-state index is -0.110. The zero-order valence-electron chi connectivity index (χ0n) is 13.0. The molecule has 23 heavy (non-hydrogen) atoms. The number of rotatable bonds is 2. The number of fused-ring (bicyclic) bond motifs is 2. The molecular formula is C18H18N4O. The first-order chi connectivity index (χ1) is 11.2. The molecule has 4 rings (SSSR count). The number of aromatic nitrogens is 3. The van der Waals surface area contributed by atoms with Gasteiger partial charge in [-0.05, 0) is 25.5 Å². The second kappa shape index (κ2) is 5.50. The highest BCUT2D eigenvalue weighted by Gasteiger charge is 2.22. The topological polar surface area (TPSA) is 59.8 Å². The number of aryl methyl sites for hydroxylation is 2. The number of carbonyl (C=O) groups is 1. The minimum Gasteiger partial charge on any atom is -0.346 e. The van der Waals surface area contributed by atoms with Crippen molar-refractivity contribution in [3.8, 4) is 0 Å². The number of benzene rings is 1. The van der Waals surface area contributed by atoms with Crippen LogP contribution in [0.3, 0.4) is 0 Å². The summed E-state index contributed by atoms with van der Waals surface area (Å²) in [5.74, 6) is 0.998. The quantitative estimate of drug-likeness (QED) is 0.791. The van der Waals surface area contributed by atoms with E-state index in [1.165, 1.54) is 0 Å². The van der Waals surface area contributed by atoms with Gasteiger partial charge >= 0.3 is 0 Å². The highest BCUT2D eigenvalue weighted by atomic mass is 16.1. The van der Waals surface area contributed by atoms with E-state index in [9.17, 15) is 4.79 Å². The van der Waals surface area contributed by atoms with Crippen molar-refractivity contribution < 1.29 is 4.79 Å². The molecule has 5 heteroatoms. The summed E-state index contributed by atoms with van der Waals surface area (Å²) in [5.41, 5.74) is 2.34. The van der Waals surface area contributed by atoms with Crippen LogP contribution in [0, 0.1) is 6.92 Å². The SMILES string of the molecule is Cc1cn2c(n1)CC[C@@H](NC(=O)c1ccc3ccccc3n1)C2. The van der Waals surface area contributed by atoms with Crippen LogP contribution in [0.4, 0.5) is 0 Å². The minimum absolute atomic E-state index is 0.110. The fourth-order valence-electron chi connectivity index (χ4n) is 3.16. The van der Waals surface area contributed by atoms with Crippen molar-refractivity contribution in [3.05, 3.63) is 59.8 Å². The monoisotopic (exact) mass is 306 g/mol. The molecule has 0 spiro atoms. The van der Waals surface area contributed by atoms with E-state index in [0.717, 1.165) is 41.8 Å². The number of imidazole rings is 1. The molecule has 0 saturated heterocycles. The van der Waals surface area contributed by atoms with Crippen LogP contribution in [0.25, 0.3) is 10.9 Å². The number of pyridine rings is 1. The zero-order valence-corrected chi connectivity index (χ0v) is 13.0. The second-order valence-corrected chi connectivity index (χ2v) is 6.05. The molecule has 0 saturated carbocycles. The van der Waals surface area contributed by atoms with E-state index in [-0.39, 0.29) is 11.9 Å². The lowest BCUT2D eigenvalue weighted by Crippen LogP contribution is -2.41. The number of carbonyl (C=O) groups excluding carboxylic acids is 1. The predicted molar refractivity (Wildman–Crippen MR) is 88.3 cm³/mol. The summed E-state index contributed by atoms with van der Waals surface area (Å²) in [4.78, 5) is 21.4. The predicted octanol–water partition coefficient (Wildman–Crippen LogP) is 2.48. The Bertz CT molecular complexity index is 884. The van der Waals surface area contributed by atoms with E-state index < -0.39 is 0 Å².